The number of anilines is 1. The van der Waals surface area contributed by atoms with E-state index in [2.05, 4.69) is 5.32 Å². The summed E-state index contributed by atoms with van der Waals surface area (Å²) in [5, 5.41) is 2.70. The lowest BCUT2D eigenvalue weighted by Crippen LogP contribution is -2.31. The first-order valence-electron chi connectivity index (χ1n) is 4.90. The fourth-order valence-corrected chi connectivity index (χ4v) is 2.89. The number of rotatable bonds is 2. The summed E-state index contributed by atoms with van der Waals surface area (Å²) in [6.45, 7) is 0. The van der Waals surface area contributed by atoms with Crippen molar-refractivity contribution >= 4 is 22.5 Å². The van der Waals surface area contributed by atoms with Crippen molar-refractivity contribution in [2.75, 3.05) is 18.7 Å². The van der Waals surface area contributed by atoms with Crippen LogP contribution in [-0.4, -0.2) is 28.9 Å². The molecule has 0 saturated carbocycles. The summed E-state index contributed by atoms with van der Waals surface area (Å²) in [6, 6.07) is 7.47. The lowest BCUT2D eigenvalue weighted by Gasteiger charge is -2.15. The Bertz CT molecular complexity index is 447. The molecule has 0 saturated heterocycles. The van der Waals surface area contributed by atoms with Crippen molar-refractivity contribution in [1.29, 1.82) is 0 Å². The van der Waals surface area contributed by atoms with E-state index in [4.69, 9.17) is 4.74 Å². The molecule has 1 aliphatic heterocycles. The van der Waals surface area contributed by atoms with Gasteiger partial charge in [-0.15, -0.1) is 0 Å². The molecule has 2 rings (SSSR count). The maximum absolute atomic E-state index is 11.7. The maximum Gasteiger partial charge on any atom is 0.316 e. The number of methoxy groups -OCH3 is 1. The van der Waals surface area contributed by atoms with Crippen LogP contribution in [0.2, 0.25) is 0 Å². The lowest BCUT2D eigenvalue weighted by atomic mass is 10.0. The van der Waals surface area contributed by atoms with Crippen LogP contribution < -0.4 is 5.32 Å². The Labute approximate surface area is 96.4 Å². The van der Waals surface area contributed by atoms with Crippen molar-refractivity contribution in [3.8, 4) is 0 Å². The highest BCUT2D eigenvalue weighted by atomic mass is 32.2. The van der Waals surface area contributed by atoms with Crippen LogP contribution in [0.5, 0.6) is 0 Å². The van der Waals surface area contributed by atoms with E-state index in [-0.39, 0.29) is 5.97 Å². The molecule has 1 heterocycles. The van der Waals surface area contributed by atoms with Gasteiger partial charge in [-0.05, 0) is 11.6 Å². The molecule has 86 valence electrons. The summed E-state index contributed by atoms with van der Waals surface area (Å²) in [7, 11) is 0.215. The number of nitrogens with one attached hydrogen (secondary N) is 1. The standard InChI is InChI=1S/C11H13NO3S/c1-15-11(13)9-7-5-3-4-6-8(7)12-10(9)16(2)14/h3-6,9-10,12H,1-2H3. The summed E-state index contributed by atoms with van der Waals surface area (Å²) >= 11 is 0. The van der Waals surface area contributed by atoms with Gasteiger partial charge in [0.05, 0.1) is 7.11 Å². The van der Waals surface area contributed by atoms with Gasteiger partial charge in [-0.1, -0.05) is 18.2 Å². The van der Waals surface area contributed by atoms with Gasteiger partial charge in [0.15, 0.2) is 0 Å². The van der Waals surface area contributed by atoms with Gasteiger partial charge in [0.1, 0.15) is 11.3 Å². The highest BCUT2D eigenvalue weighted by molar-refractivity contribution is 7.85. The largest absolute Gasteiger partial charge is 0.468 e. The van der Waals surface area contributed by atoms with Gasteiger partial charge in [0.25, 0.3) is 0 Å². The average Bonchev–Trinajstić information content (AvgIpc) is 2.67. The highest BCUT2D eigenvalue weighted by Crippen LogP contribution is 2.37. The third-order valence-corrected chi connectivity index (χ3v) is 3.81. The minimum Gasteiger partial charge on any atom is -0.468 e. The van der Waals surface area contributed by atoms with Crippen LogP contribution in [0, 0.1) is 0 Å². The first-order chi connectivity index (χ1) is 7.65. The minimum atomic E-state index is -1.13. The third-order valence-electron chi connectivity index (χ3n) is 2.71. The smallest absolute Gasteiger partial charge is 0.316 e. The fourth-order valence-electron chi connectivity index (χ4n) is 1.95. The van der Waals surface area contributed by atoms with E-state index in [0.717, 1.165) is 11.3 Å². The minimum absolute atomic E-state index is 0.349. The fraction of sp³-hybridized carbons (Fsp3) is 0.364. The number of para-hydroxylation sites is 1. The second-order valence-corrected chi connectivity index (χ2v) is 5.16. The Hall–Kier alpha value is -1.36. The van der Waals surface area contributed by atoms with Gasteiger partial charge in [0.2, 0.25) is 0 Å². The van der Waals surface area contributed by atoms with Crippen molar-refractivity contribution in [2.45, 2.75) is 11.3 Å². The predicted molar refractivity (Wildman–Crippen MR) is 62.7 cm³/mol. The number of hydrogen-bond donors (Lipinski definition) is 1. The van der Waals surface area contributed by atoms with Gasteiger partial charge >= 0.3 is 5.97 Å². The molecule has 0 aliphatic carbocycles. The van der Waals surface area contributed by atoms with Crippen LogP contribution >= 0.6 is 0 Å². The Morgan fingerprint density at radius 2 is 2.12 bits per heavy atom. The molecule has 3 atom stereocenters. The zero-order valence-electron chi connectivity index (χ0n) is 9.10. The van der Waals surface area contributed by atoms with Crippen LogP contribution in [0.15, 0.2) is 24.3 Å². The molecular weight excluding hydrogens is 226 g/mol. The molecule has 0 amide bonds. The number of fused-ring (bicyclic) bond motifs is 1. The summed E-state index contributed by atoms with van der Waals surface area (Å²) in [4.78, 5) is 11.7. The van der Waals surface area contributed by atoms with Gasteiger partial charge in [-0.3, -0.25) is 9.00 Å². The average molecular weight is 239 g/mol. The van der Waals surface area contributed by atoms with Gasteiger partial charge < -0.3 is 10.1 Å². The Kier molecular flexibility index (Phi) is 2.96. The van der Waals surface area contributed by atoms with Crippen molar-refractivity contribution in [2.24, 2.45) is 0 Å². The number of ether oxygens (including phenoxy) is 1. The van der Waals surface area contributed by atoms with Crippen molar-refractivity contribution in [1.82, 2.24) is 0 Å². The molecule has 16 heavy (non-hydrogen) atoms. The first kappa shape index (κ1) is 11.1. The van der Waals surface area contributed by atoms with Gasteiger partial charge in [-0.25, -0.2) is 0 Å². The second kappa shape index (κ2) is 4.25. The van der Waals surface area contributed by atoms with Crippen LogP contribution in [0.4, 0.5) is 5.69 Å². The number of hydrogen-bond acceptors (Lipinski definition) is 4. The monoisotopic (exact) mass is 239 g/mol. The Balaban J connectivity index is 2.43. The molecule has 0 bridgehead atoms. The van der Waals surface area contributed by atoms with E-state index >= 15 is 0 Å². The zero-order valence-corrected chi connectivity index (χ0v) is 9.91. The summed E-state index contributed by atoms with van der Waals surface area (Å²) in [6.07, 6.45) is 1.58. The predicted octanol–water partition coefficient (Wildman–Crippen LogP) is 1.07. The highest BCUT2D eigenvalue weighted by Gasteiger charge is 2.40. The quantitative estimate of drug-likeness (QED) is 0.784. The SMILES string of the molecule is COC(=O)C1c2ccccc2NC1S(C)=O. The van der Waals surface area contributed by atoms with Crippen LogP contribution in [-0.2, 0) is 20.3 Å². The van der Waals surface area contributed by atoms with Gasteiger partial charge in [-0.2, -0.15) is 0 Å². The molecule has 1 aromatic rings. The van der Waals surface area contributed by atoms with E-state index in [9.17, 15) is 9.00 Å². The molecule has 4 nitrogen and oxygen atoms in total. The number of carbonyl (C=O) groups excluding carboxylic acids is 1. The van der Waals surface area contributed by atoms with E-state index in [1.807, 2.05) is 24.3 Å². The third kappa shape index (κ3) is 1.71. The van der Waals surface area contributed by atoms with Crippen molar-refractivity contribution < 1.29 is 13.7 Å². The van der Waals surface area contributed by atoms with E-state index < -0.39 is 22.1 Å². The summed E-state index contributed by atoms with van der Waals surface area (Å²) in [5.74, 6) is -0.829. The Morgan fingerprint density at radius 3 is 2.75 bits per heavy atom. The molecule has 5 heteroatoms. The molecule has 0 spiro atoms. The molecule has 0 radical (unpaired) electrons. The molecule has 0 fully saturated rings. The first-order valence-corrected chi connectivity index (χ1v) is 6.53. The van der Waals surface area contributed by atoms with Crippen molar-refractivity contribution in [3.63, 3.8) is 0 Å². The molecular formula is C11H13NO3S. The normalized spacial score (nSPS) is 24.4. The van der Waals surface area contributed by atoms with Crippen LogP contribution in [0.3, 0.4) is 0 Å². The van der Waals surface area contributed by atoms with Crippen LogP contribution in [0.25, 0.3) is 0 Å². The number of esters is 1. The number of carbonyl (C=O) groups is 1. The molecule has 1 N–H and O–H groups in total. The maximum atomic E-state index is 11.7. The second-order valence-electron chi connectivity index (χ2n) is 3.65. The van der Waals surface area contributed by atoms with Gasteiger partial charge in [0, 0.05) is 22.7 Å². The molecule has 0 aromatic heterocycles. The van der Waals surface area contributed by atoms with Crippen molar-refractivity contribution in [3.05, 3.63) is 29.8 Å². The van der Waals surface area contributed by atoms with E-state index in [0.29, 0.717) is 0 Å². The van der Waals surface area contributed by atoms with E-state index in [1.165, 1.54) is 7.11 Å². The Morgan fingerprint density at radius 1 is 1.44 bits per heavy atom. The van der Waals surface area contributed by atoms with E-state index in [1.54, 1.807) is 6.26 Å². The zero-order chi connectivity index (χ0) is 11.7. The number of benzene rings is 1. The lowest BCUT2D eigenvalue weighted by molar-refractivity contribution is -0.142. The summed E-state index contributed by atoms with van der Waals surface area (Å²) in [5.41, 5.74) is 1.72. The molecule has 1 aromatic carbocycles. The summed E-state index contributed by atoms with van der Waals surface area (Å²) < 4.78 is 16.3. The molecule has 1 aliphatic rings. The van der Waals surface area contributed by atoms with Crippen LogP contribution in [0.1, 0.15) is 11.5 Å². The topological polar surface area (TPSA) is 55.4 Å². The molecule has 3 unspecified atom stereocenters.